The average Bonchev–Trinajstić information content (AvgIpc) is 2.37. The Morgan fingerprint density at radius 2 is 2.17 bits per heavy atom. The number of likely N-dealkylation sites (N-methyl/N-ethyl adjacent to an activating group) is 1. The zero-order chi connectivity index (χ0) is 13.7. The van der Waals surface area contributed by atoms with E-state index >= 15 is 0 Å². The monoisotopic (exact) mass is 287 g/mol. The van der Waals surface area contributed by atoms with Gasteiger partial charge in [-0.2, -0.15) is 0 Å². The predicted octanol–water partition coefficient (Wildman–Crippen LogP) is 3.67. The number of nitrogens with zero attached hydrogens (tertiary/aromatic N) is 1. The molecule has 1 aromatic rings. The highest BCUT2D eigenvalue weighted by Crippen LogP contribution is 2.29. The van der Waals surface area contributed by atoms with Gasteiger partial charge in [-0.15, -0.1) is 6.58 Å². The van der Waals surface area contributed by atoms with E-state index in [-0.39, 0.29) is 11.8 Å². The predicted molar refractivity (Wildman–Crippen MR) is 73.8 cm³/mol. The molecule has 1 aromatic carbocycles. The Hall–Kier alpha value is -1.03. The maximum absolute atomic E-state index is 12.1. The van der Waals surface area contributed by atoms with Crippen LogP contribution in [-0.4, -0.2) is 25.1 Å². The summed E-state index contributed by atoms with van der Waals surface area (Å²) in [5.41, 5.74) is 0.790. The molecule has 0 aliphatic rings. The lowest BCUT2D eigenvalue weighted by molar-refractivity contribution is -0.170. The molecule has 0 saturated heterocycles. The van der Waals surface area contributed by atoms with Gasteiger partial charge < -0.3 is 0 Å². The zero-order valence-corrected chi connectivity index (χ0v) is 11.8. The molecule has 0 bridgehead atoms. The lowest BCUT2D eigenvalue weighted by atomic mass is 9.95. The van der Waals surface area contributed by atoms with Gasteiger partial charge in [0.1, 0.15) is 0 Å². The van der Waals surface area contributed by atoms with E-state index < -0.39 is 0 Å². The van der Waals surface area contributed by atoms with E-state index in [0.29, 0.717) is 16.5 Å². The molecule has 0 unspecified atom stereocenters. The second-order valence-corrected chi connectivity index (χ2v) is 4.58. The summed E-state index contributed by atoms with van der Waals surface area (Å²) in [6.45, 7) is 3.66. The van der Waals surface area contributed by atoms with Crippen molar-refractivity contribution in [2.24, 2.45) is 0 Å². The molecule has 0 spiro atoms. The first-order chi connectivity index (χ1) is 8.51. The highest BCUT2D eigenvalue weighted by molar-refractivity contribution is 6.42. The molecule has 0 fully saturated rings. The normalized spacial score (nSPS) is 12.0. The second-order valence-electron chi connectivity index (χ2n) is 3.77. The summed E-state index contributed by atoms with van der Waals surface area (Å²) in [5.74, 6) is -0.530. The summed E-state index contributed by atoms with van der Waals surface area (Å²) >= 11 is 11.8. The van der Waals surface area contributed by atoms with Crippen LogP contribution in [0.1, 0.15) is 17.9 Å². The summed E-state index contributed by atoms with van der Waals surface area (Å²) in [6.07, 6.45) is 2.19. The molecule has 1 atom stereocenters. The van der Waals surface area contributed by atoms with Crippen molar-refractivity contribution in [1.29, 1.82) is 0 Å². The fourth-order valence-electron chi connectivity index (χ4n) is 1.58. The van der Waals surface area contributed by atoms with Crippen molar-refractivity contribution in [2.75, 3.05) is 14.2 Å². The van der Waals surface area contributed by atoms with Crippen LogP contribution in [-0.2, 0) is 9.63 Å². The minimum atomic E-state index is -0.373. The highest BCUT2D eigenvalue weighted by Gasteiger charge is 2.23. The van der Waals surface area contributed by atoms with Gasteiger partial charge in [0.2, 0.25) is 0 Å². The molecular formula is C13H15Cl2NO2. The largest absolute Gasteiger partial charge is 0.275 e. The molecule has 0 aliphatic carbocycles. The van der Waals surface area contributed by atoms with Gasteiger partial charge in [0, 0.05) is 7.05 Å². The van der Waals surface area contributed by atoms with Crippen molar-refractivity contribution in [3.05, 3.63) is 46.5 Å². The Morgan fingerprint density at radius 1 is 1.50 bits per heavy atom. The summed E-state index contributed by atoms with van der Waals surface area (Å²) < 4.78 is 0. The summed E-state index contributed by atoms with van der Waals surface area (Å²) in [5, 5.41) is 2.08. The van der Waals surface area contributed by atoms with E-state index in [0.717, 1.165) is 5.56 Å². The van der Waals surface area contributed by atoms with Gasteiger partial charge in [-0.3, -0.25) is 9.63 Å². The summed E-state index contributed by atoms with van der Waals surface area (Å²) in [7, 11) is 3.01. The van der Waals surface area contributed by atoms with Crippen LogP contribution in [0.2, 0.25) is 10.0 Å². The van der Waals surface area contributed by atoms with E-state index in [2.05, 4.69) is 6.58 Å². The maximum Gasteiger partial charge on any atom is 0.253 e. The molecule has 0 saturated carbocycles. The number of hydrogen-bond donors (Lipinski definition) is 0. The van der Waals surface area contributed by atoms with Crippen LogP contribution >= 0.6 is 23.2 Å². The number of halogens is 2. The van der Waals surface area contributed by atoms with Gasteiger partial charge in [0.05, 0.1) is 23.1 Å². The number of carbonyl (C=O) groups excluding carboxylic acids is 1. The quantitative estimate of drug-likeness (QED) is 0.611. The molecule has 98 valence electrons. The first-order valence-corrected chi connectivity index (χ1v) is 6.14. The molecule has 0 radical (unpaired) electrons. The molecule has 18 heavy (non-hydrogen) atoms. The number of benzene rings is 1. The van der Waals surface area contributed by atoms with Crippen LogP contribution in [0.4, 0.5) is 0 Å². The van der Waals surface area contributed by atoms with Crippen molar-refractivity contribution < 1.29 is 9.63 Å². The van der Waals surface area contributed by atoms with E-state index in [1.807, 2.05) is 0 Å². The second kappa shape index (κ2) is 6.78. The van der Waals surface area contributed by atoms with Gasteiger partial charge >= 0.3 is 0 Å². The lowest BCUT2D eigenvalue weighted by Crippen LogP contribution is -2.30. The number of carbonyl (C=O) groups is 1. The van der Waals surface area contributed by atoms with Gasteiger partial charge in [0.15, 0.2) is 0 Å². The van der Waals surface area contributed by atoms with E-state index in [1.54, 1.807) is 31.3 Å². The minimum Gasteiger partial charge on any atom is -0.275 e. The Bertz CT molecular complexity index is 449. The van der Waals surface area contributed by atoms with Crippen molar-refractivity contribution in [3.8, 4) is 0 Å². The Balaban J connectivity index is 3.07. The van der Waals surface area contributed by atoms with Crippen LogP contribution in [0.15, 0.2) is 30.9 Å². The van der Waals surface area contributed by atoms with Crippen LogP contribution < -0.4 is 0 Å². The third-order valence-electron chi connectivity index (χ3n) is 2.63. The third-order valence-corrected chi connectivity index (χ3v) is 3.37. The third kappa shape index (κ3) is 3.48. The van der Waals surface area contributed by atoms with Crippen LogP contribution in [0.3, 0.4) is 0 Å². The summed E-state index contributed by atoms with van der Waals surface area (Å²) in [4.78, 5) is 17.0. The SMILES string of the molecule is C=CC[C@@H](C(=O)N(C)OC)c1ccc(Cl)c(Cl)c1. The van der Waals surface area contributed by atoms with Crippen molar-refractivity contribution in [2.45, 2.75) is 12.3 Å². The number of hydrogen-bond acceptors (Lipinski definition) is 2. The molecule has 1 rings (SSSR count). The van der Waals surface area contributed by atoms with Crippen molar-refractivity contribution in [1.82, 2.24) is 5.06 Å². The standard InChI is InChI=1S/C13H15Cl2NO2/c1-4-5-10(13(17)16(2)18-3)9-6-7-11(14)12(15)8-9/h4,6-8,10H,1,5H2,2-3H3/t10-/m1/s1. The molecule has 5 heteroatoms. The van der Waals surface area contributed by atoms with Crippen LogP contribution in [0.5, 0.6) is 0 Å². The first kappa shape index (κ1) is 15.0. The molecule has 0 aliphatic heterocycles. The van der Waals surface area contributed by atoms with Crippen LogP contribution in [0.25, 0.3) is 0 Å². The zero-order valence-electron chi connectivity index (χ0n) is 10.3. The molecule has 1 amide bonds. The Labute approximate surface area is 117 Å². The average molecular weight is 288 g/mol. The Morgan fingerprint density at radius 3 is 2.67 bits per heavy atom. The topological polar surface area (TPSA) is 29.5 Å². The minimum absolute atomic E-state index is 0.157. The number of rotatable bonds is 5. The highest BCUT2D eigenvalue weighted by atomic mass is 35.5. The van der Waals surface area contributed by atoms with Gasteiger partial charge in [-0.25, -0.2) is 5.06 Å². The fourth-order valence-corrected chi connectivity index (χ4v) is 1.89. The van der Waals surface area contributed by atoms with E-state index in [1.165, 1.54) is 12.2 Å². The van der Waals surface area contributed by atoms with Crippen LogP contribution in [0, 0.1) is 0 Å². The van der Waals surface area contributed by atoms with Gasteiger partial charge in [-0.1, -0.05) is 35.3 Å². The maximum atomic E-state index is 12.1. The number of allylic oxidation sites excluding steroid dienone is 1. The number of hydroxylamine groups is 2. The van der Waals surface area contributed by atoms with Gasteiger partial charge in [0.25, 0.3) is 5.91 Å². The molecule has 0 heterocycles. The number of amides is 1. The van der Waals surface area contributed by atoms with E-state index in [4.69, 9.17) is 28.0 Å². The van der Waals surface area contributed by atoms with Crippen molar-refractivity contribution >= 4 is 29.1 Å². The fraction of sp³-hybridized carbons (Fsp3) is 0.308. The summed E-state index contributed by atoms with van der Waals surface area (Å²) in [6, 6.07) is 5.15. The lowest BCUT2D eigenvalue weighted by Gasteiger charge is -2.21. The molecular weight excluding hydrogens is 273 g/mol. The smallest absolute Gasteiger partial charge is 0.253 e. The van der Waals surface area contributed by atoms with Gasteiger partial charge in [-0.05, 0) is 24.1 Å². The molecule has 0 aromatic heterocycles. The first-order valence-electron chi connectivity index (χ1n) is 5.38. The van der Waals surface area contributed by atoms with E-state index in [9.17, 15) is 4.79 Å². The van der Waals surface area contributed by atoms with Crippen molar-refractivity contribution in [3.63, 3.8) is 0 Å². The Kier molecular flexibility index (Phi) is 5.66. The molecule has 3 nitrogen and oxygen atoms in total. The molecule has 0 N–H and O–H groups in total.